The molecule has 0 saturated heterocycles. The predicted octanol–water partition coefficient (Wildman–Crippen LogP) is 4.69. The molecule has 0 unspecified atom stereocenters. The van der Waals surface area contributed by atoms with Crippen molar-refractivity contribution in [2.24, 2.45) is 7.05 Å². The minimum atomic E-state index is -0.224. The second kappa shape index (κ2) is 12.0. The number of likely N-dealkylation sites (N-methyl/N-ethyl adjacent to an activating group) is 2. The Labute approximate surface area is 229 Å². The Morgan fingerprint density at radius 2 is 1.90 bits per heavy atom. The van der Waals surface area contributed by atoms with E-state index in [9.17, 15) is 4.79 Å². The number of fused-ring (bicyclic) bond motifs is 1. The van der Waals surface area contributed by atoms with Gasteiger partial charge in [-0.25, -0.2) is 9.97 Å². The number of nitrogens with one attached hydrogen (secondary N) is 2. The largest absolute Gasteiger partial charge is 0.494 e. The number of rotatable bonds is 11. The van der Waals surface area contributed by atoms with Gasteiger partial charge in [-0.3, -0.25) is 9.78 Å². The molecule has 2 N–H and O–H groups in total. The monoisotopic (exact) mass is 528 g/mol. The zero-order valence-corrected chi connectivity index (χ0v) is 23.4. The number of aryl methyl sites for hydroxylation is 1. The average Bonchev–Trinajstić information content (AvgIpc) is 3.28. The van der Waals surface area contributed by atoms with Crippen LogP contribution in [-0.2, 0) is 11.8 Å². The molecule has 0 spiro atoms. The molecule has 4 rings (SSSR count). The van der Waals surface area contributed by atoms with Crippen LogP contribution in [0.3, 0.4) is 0 Å². The molecule has 0 atom stereocenters. The van der Waals surface area contributed by atoms with Crippen LogP contribution in [0.5, 0.6) is 5.75 Å². The van der Waals surface area contributed by atoms with E-state index in [2.05, 4.69) is 37.0 Å². The highest BCUT2D eigenvalue weighted by Gasteiger charge is 2.18. The number of ether oxygens (including phenoxy) is 1. The third-order valence-electron chi connectivity index (χ3n) is 6.53. The molecule has 0 fully saturated rings. The van der Waals surface area contributed by atoms with Crippen LogP contribution in [0, 0.1) is 0 Å². The Hall–Kier alpha value is -4.44. The van der Waals surface area contributed by atoms with Gasteiger partial charge in [0.15, 0.2) is 0 Å². The second-order valence-corrected chi connectivity index (χ2v) is 9.62. The number of carbonyl (C=O) groups is 1. The van der Waals surface area contributed by atoms with E-state index in [-0.39, 0.29) is 5.91 Å². The Morgan fingerprint density at radius 3 is 2.62 bits per heavy atom. The number of methoxy groups -OCH3 is 1. The lowest BCUT2D eigenvalue weighted by Crippen LogP contribution is -2.29. The molecular formula is C29H36N8O2. The third kappa shape index (κ3) is 6.18. The van der Waals surface area contributed by atoms with Crippen molar-refractivity contribution in [2.45, 2.75) is 13.3 Å². The Kier molecular flexibility index (Phi) is 8.46. The highest BCUT2D eigenvalue weighted by molar-refractivity contribution is 6.05. The summed E-state index contributed by atoms with van der Waals surface area (Å²) in [6, 6.07) is 9.55. The van der Waals surface area contributed by atoms with E-state index in [1.807, 2.05) is 76.2 Å². The Balaban J connectivity index is 1.72. The van der Waals surface area contributed by atoms with Gasteiger partial charge < -0.3 is 29.7 Å². The van der Waals surface area contributed by atoms with Gasteiger partial charge >= 0.3 is 0 Å². The minimum absolute atomic E-state index is 0.224. The molecule has 0 aliphatic carbocycles. The average molecular weight is 529 g/mol. The molecule has 0 bridgehead atoms. The van der Waals surface area contributed by atoms with Gasteiger partial charge in [-0.1, -0.05) is 13.5 Å². The number of pyridine rings is 1. The number of amides is 1. The smallest absolute Gasteiger partial charge is 0.251 e. The summed E-state index contributed by atoms with van der Waals surface area (Å²) < 4.78 is 7.77. The van der Waals surface area contributed by atoms with Crippen LogP contribution in [0.15, 0.2) is 61.1 Å². The van der Waals surface area contributed by atoms with Crippen molar-refractivity contribution < 1.29 is 9.53 Å². The minimum Gasteiger partial charge on any atom is -0.494 e. The summed E-state index contributed by atoms with van der Waals surface area (Å²) in [5.41, 5.74) is 6.12. The molecular weight excluding hydrogens is 492 g/mol. The van der Waals surface area contributed by atoms with Gasteiger partial charge in [0.1, 0.15) is 5.75 Å². The van der Waals surface area contributed by atoms with E-state index in [0.717, 1.165) is 41.1 Å². The van der Waals surface area contributed by atoms with E-state index in [4.69, 9.17) is 9.72 Å². The molecule has 0 aliphatic heterocycles. The Bertz CT molecular complexity index is 1490. The fourth-order valence-corrected chi connectivity index (χ4v) is 4.18. The lowest BCUT2D eigenvalue weighted by Gasteiger charge is -2.26. The van der Waals surface area contributed by atoms with Gasteiger partial charge in [0.2, 0.25) is 5.95 Å². The fourth-order valence-electron chi connectivity index (χ4n) is 4.18. The first-order chi connectivity index (χ1) is 18.7. The van der Waals surface area contributed by atoms with Crippen LogP contribution in [0.1, 0.15) is 13.3 Å². The molecule has 39 heavy (non-hydrogen) atoms. The maximum absolute atomic E-state index is 12.8. The summed E-state index contributed by atoms with van der Waals surface area (Å²) in [6.07, 6.45) is 6.05. The molecule has 0 aliphatic rings. The summed E-state index contributed by atoms with van der Waals surface area (Å²) >= 11 is 0. The van der Waals surface area contributed by atoms with E-state index in [1.165, 1.54) is 0 Å². The van der Waals surface area contributed by atoms with Crippen molar-refractivity contribution in [3.63, 3.8) is 0 Å². The van der Waals surface area contributed by atoms with Gasteiger partial charge in [-0.15, -0.1) is 0 Å². The maximum Gasteiger partial charge on any atom is 0.251 e. The number of hydrogen-bond acceptors (Lipinski definition) is 8. The van der Waals surface area contributed by atoms with Crippen molar-refractivity contribution in [1.82, 2.24) is 24.4 Å². The fraction of sp³-hybridized carbons (Fsp3) is 0.310. The summed E-state index contributed by atoms with van der Waals surface area (Å²) in [5, 5.41) is 6.31. The molecule has 0 saturated carbocycles. The number of carbonyl (C=O) groups excluding carboxylic acids is 1. The lowest BCUT2D eigenvalue weighted by molar-refractivity contribution is -0.112. The second-order valence-electron chi connectivity index (χ2n) is 9.62. The SMILES string of the molecule is C=C(CC)C(=O)Nc1cc(Nc2nccc(-c3cn(C)c4cccnc34)n2)c(OC)cc1N(C)CCN(C)C. The standard InChI is InChI=1S/C29H36N8O2/c1-8-19(2)28(38)32-22-16-23(26(39-7)17-25(22)36(5)15-14-35(3)4)34-29-31-13-11-21(33-29)20-18-37(6)24-10-9-12-30-27(20)24/h9-13,16-18H,2,8,14-15H2,1,3-7H3,(H,32,38)(H,31,33,34). The van der Waals surface area contributed by atoms with Crippen LogP contribution < -0.4 is 20.3 Å². The molecule has 3 aromatic heterocycles. The number of benzene rings is 1. The quantitative estimate of drug-likeness (QED) is 0.271. The highest BCUT2D eigenvalue weighted by atomic mass is 16.5. The normalized spacial score (nSPS) is 11.1. The first kappa shape index (κ1) is 27.6. The summed E-state index contributed by atoms with van der Waals surface area (Å²) in [7, 11) is 9.63. The number of aromatic nitrogens is 4. The molecule has 0 radical (unpaired) electrons. The highest BCUT2D eigenvalue weighted by Crippen LogP contribution is 2.38. The van der Waals surface area contributed by atoms with E-state index < -0.39 is 0 Å². The van der Waals surface area contributed by atoms with Gasteiger partial charge in [0.05, 0.1) is 40.9 Å². The zero-order valence-electron chi connectivity index (χ0n) is 23.4. The maximum atomic E-state index is 12.8. The molecule has 204 valence electrons. The lowest BCUT2D eigenvalue weighted by atomic mass is 10.1. The first-order valence-electron chi connectivity index (χ1n) is 12.8. The number of anilines is 4. The van der Waals surface area contributed by atoms with Crippen molar-refractivity contribution >= 4 is 40.0 Å². The number of hydrogen-bond donors (Lipinski definition) is 2. The molecule has 4 aromatic rings. The van der Waals surface area contributed by atoms with Crippen molar-refractivity contribution in [1.29, 1.82) is 0 Å². The van der Waals surface area contributed by atoms with Crippen LogP contribution in [-0.4, -0.2) is 71.7 Å². The molecule has 10 heteroatoms. The molecule has 3 heterocycles. The van der Waals surface area contributed by atoms with Crippen LogP contribution in [0.25, 0.3) is 22.3 Å². The zero-order chi connectivity index (χ0) is 28.1. The van der Waals surface area contributed by atoms with E-state index in [0.29, 0.717) is 35.1 Å². The molecule has 1 amide bonds. The summed E-state index contributed by atoms with van der Waals surface area (Å²) in [5.74, 6) is 0.759. The summed E-state index contributed by atoms with van der Waals surface area (Å²) in [4.78, 5) is 30.8. The van der Waals surface area contributed by atoms with Crippen LogP contribution in [0.2, 0.25) is 0 Å². The van der Waals surface area contributed by atoms with Gasteiger partial charge in [0.25, 0.3) is 5.91 Å². The molecule has 1 aromatic carbocycles. The van der Waals surface area contributed by atoms with E-state index in [1.54, 1.807) is 19.5 Å². The van der Waals surface area contributed by atoms with Crippen molar-refractivity contribution in [2.75, 3.05) is 56.9 Å². The topological polar surface area (TPSA) is 100 Å². The van der Waals surface area contributed by atoms with Crippen LogP contribution in [0.4, 0.5) is 23.0 Å². The summed E-state index contributed by atoms with van der Waals surface area (Å²) in [6.45, 7) is 7.39. The number of nitrogens with zero attached hydrogens (tertiary/aromatic N) is 6. The van der Waals surface area contributed by atoms with Gasteiger partial charge in [-0.2, -0.15) is 0 Å². The van der Waals surface area contributed by atoms with Crippen molar-refractivity contribution in [3.8, 4) is 17.0 Å². The van der Waals surface area contributed by atoms with Crippen molar-refractivity contribution in [3.05, 3.63) is 61.1 Å². The third-order valence-corrected chi connectivity index (χ3v) is 6.53. The van der Waals surface area contributed by atoms with E-state index >= 15 is 0 Å². The Morgan fingerprint density at radius 1 is 1.10 bits per heavy atom. The predicted molar refractivity (Wildman–Crippen MR) is 158 cm³/mol. The van der Waals surface area contributed by atoms with Crippen LogP contribution >= 0.6 is 0 Å². The van der Waals surface area contributed by atoms with Gasteiger partial charge in [-0.05, 0) is 44.8 Å². The first-order valence-corrected chi connectivity index (χ1v) is 12.8. The van der Waals surface area contributed by atoms with Gasteiger partial charge in [0, 0.05) is 63.0 Å². The molecule has 10 nitrogen and oxygen atoms in total.